The Balaban J connectivity index is 2.87. The third kappa shape index (κ3) is 2.97. The molecule has 0 aliphatic rings. The molecule has 1 atom stereocenters. The van der Waals surface area contributed by atoms with E-state index in [0.29, 0.717) is 11.3 Å². The maximum Gasteiger partial charge on any atom is 0.340 e. The van der Waals surface area contributed by atoms with E-state index in [4.69, 9.17) is 9.47 Å². The summed E-state index contributed by atoms with van der Waals surface area (Å²) in [6, 6.07) is 6.80. The monoisotopic (exact) mass is 224 g/mol. The van der Waals surface area contributed by atoms with Gasteiger partial charge in [-0.25, -0.2) is 4.79 Å². The van der Waals surface area contributed by atoms with Gasteiger partial charge in [0.05, 0.1) is 13.2 Å². The van der Waals surface area contributed by atoms with E-state index in [1.54, 1.807) is 38.1 Å². The van der Waals surface area contributed by atoms with E-state index >= 15 is 0 Å². The molecule has 88 valence electrons. The summed E-state index contributed by atoms with van der Waals surface area (Å²) < 4.78 is 9.98. The van der Waals surface area contributed by atoms with Gasteiger partial charge in [-0.1, -0.05) is 18.2 Å². The van der Waals surface area contributed by atoms with Crippen LogP contribution in [0, 0.1) is 0 Å². The topological polar surface area (TPSA) is 55.8 Å². The Morgan fingerprint density at radius 2 is 1.94 bits per heavy atom. The van der Waals surface area contributed by atoms with Crippen LogP contribution in [0.25, 0.3) is 0 Å². The van der Waals surface area contributed by atoms with Gasteiger partial charge in [0.25, 0.3) is 0 Å². The molecular weight excluding hydrogens is 208 g/mol. The molecule has 1 N–H and O–H groups in total. The van der Waals surface area contributed by atoms with Crippen LogP contribution in [0.15, 0.2) is 24.3 Å². The van der Waals surface area contributed by atoms with Crippen LogP contribution in [0.3, 0.4) is 0 Å². The quantitative estimate of drug-likeness (QED) is 0.790. The van der Waals surface area contributed by atoms with Crippen molar-refractivity contribution in [1.29, 1.82) is 0 Å². The van der Waals surface area contributed by atoms with Crippen molar-refractivity contribution in [1.82, 2.24) is 0 Å². The Labute approximate surface area is 94.8 Å². The van der Waals surface area contributed by atoms with Crippen LogP contribution >= 0.6 is 0 Å². The van der Waals surface area contributed by atoms with E-state index in [1.165, 1.54) is 7.11 Å². The van der Waals surface area contributed by atoms with Crippen LogP contribution in [0.1, 0.15) is 25.5 Å². The fourth-order valence-electron chi connectivity index (χ4n) is 1.32. The first-order valence-corrected chi connectivity index (χ1v) is 5.07. The fraction of sp³-hybridized carbons (Fsp3) is 0.417. The molecule has 1 aromatic carbocycles. The maximum absolute atomic E-state index is 11.5. The number of carbonyl (C=O) groups excluding carboxylic acids is 1. The predicted molar refractivity (Wildman–Crippen MR) is 59.2 cm³/mol. The molecule has 0 heterocycles. The van der Waals surface area contributed by atoms with Crippen molar-refractivity contribution < 1.29 is 19.4 Å². The molecule has 1 unspecified atom stereocenters. The first-order chi connectivity index (χ1) is 7.56. The number of hydrogen-bond acceptors (Lipinski definition) is 4. The zero-order valence-corrected chi connectivity index (χ0v) is 9.64. The van der Waals surface area contributed by atoms with Crippen LogP contribution in [0.4, 0.5) is 0 Å². The molecule has 0 aliphatic carbocycles. The van der Waals surface area contributed by atoms with Crippen LogP contribution in [-0.4, -0.2) is 24.3 Å². The van der Waals surface area contributed by atoms with Crippen molar-refractivity contribution in [3.63, 3.8) is 0 Å². The van der Waals surface area contributed by atoms with Gasteiger partial charge < -0.3 is 14.6 Å². The summed E-state index contributed by atoms with van der Waals surface area (Å²) in [5.74, 6) is -0.199. The molecule has 0 amide bonds. The number of ether oxygens (including phenoxy) is 2. The van der Waals surface area contributed by atoms with E-state index in [0.717, 1.165) is 0 Å². The van der Waals surface area contributed by atoms with Crippen LogP contribution in [0.5, 0.6) is 5.75 Å². The fourth-order valence-corrected chi connectivity index (χ4v) is 1.32. The number of rotatable bonds is 4. The number of aliphatic hydroxyl groups excluding tert-OH is 1. The second-order valence-electron chi connectivity index (χ2n) is 3.63. The van der Waals surface area contributed by atoms with Gasteiger partial charge in [-0.15, -0.1) is 0 Å². The number of hydrogen-bond donors (Lipinski definition) is 1. The smallest absolute Gasteiger partial charge is 0.340 e. The van der Waals surface area contributed by atoms with Gasteiger partial charge in [0, 0.05) is 5.56 Å². The normalized spacial score (nSPS) is 12.3. The van der Waals surface area contributed by atoms with Gasteiger partial charge >= 0.3 is 5.97 Å². The Bertz CT molecular complexity index is 360. The van der Waals surface area contributed by atoms with Crippen molar-refractivity contribution in [2.75, 3.05) is 7.11 Å². The predicted octanol–water partition coefficient (Wildman–Crippen LogP) is 1.68. The number of esters is 1. The van der Waals surface area contributed by atoms with Gasteiger partial charge in [0.1, 0.15) is 5.75 Å². The minimum atomic E-state index is -1.31. The first-order valence-electron chi connectivity index (χ1n) is 5.07. The highest BCUT2D eigenvalue weighted by atomic mass is 16.6. The summed E-state index contributed by atoms with van der Waals surface area (Å²) >= 11 is 0. The molecule has 16 heavy (non-hydrogen) atoms. The van der Waals surface area contributed by atoms with Gasteiger partial charge in [-0.2, -0.15) is 0 Å². The molecule has 0 spiro atoms. The third-order valence-electron chi connectivity index (χ3n) is 2.01. The summed E-state index contributed by atoms with van der Waals surface area (Å²) in [4.78, 5) is 11.5. The summed E-state index contributed by atoms with van der Waals surface area (Å²) in [7, 11) is 1.49. The molecule has 0 saturated heterocycles. The van der Waals surface area contributed by atoms with Crippen molar-refractivity contribution in [3.05, 3.63) is 29.8 Å². The number of methoxy groups -OCH3 is 1. The average Bonchev–Trinajstić information content (AvgIpc) is 2.27. The molecule has 0 bridgehead atoms. The molecule has 4 nitrogen and oxygen atoms in total. The second kappa shape index (κ2) is 5.51. The Morgan fingerprint density at radius 1 is 1.31 bits per heavy atom. The lowest BCUT2D eigenvalue weighted by Gasteiger charge is -2.15. The minimum Gasteiger partial charge on any atom is -0.496 e. The molecule has 1 rings (SSSR count). The summed E-state index contributed by atoms with van der Waals surface area (Å²) in [6.45, 7) is 3.46. The summed E-state index contributed by atoms with van der Waals surface area (Å²) in [5, 5.41) is 9.80. The van der Waals surface area contributed by atoms with Crippen LogP contribution in [0.2, 0.25) is 0 Å². The highest BCUT2D eigenvalue weighted by Gasteiger charge is 2.22. The van der Waals surface area contributed by atoms with Gasteiger partial charge in [-0.05, 0) is 19.9 Å². The second-order valence-corrected chi connectivity index (χ2v) is 3.63. The van der Waals surface area contributed by atoms with E-state index in [2.05, 4.69) is 0 Å². The largest absolute Gasteiger partial charge is 0.496 e. The molecule has 0 fully saturated rings. The highest BCUT2D eigenvalue weighted by molar-refractivity contribution is 5.77. The maximum atomic E-state index is 11.5. The molecule has 1 aromatic rings. The van der Waals surface area contributed by atoms with Crippen molar-refractivity contribution >= 4 is 5.97 Å². The van der Waals surface area contributed by atoms with Gasteiger partial charge in [-0.3, -0.25) is 0 Å². The Hall–Kier alpha value is -1.55. The van der Waals surface area contributed by atoms with E-state index in [-0.39, 0.29) is 6.10 Å². The lowest BCUT2D eigenvalue weighted by Crippen LogP contribution is -2.19. The van der Waals surface area contributed by atoms with Crippen molar-refractivity contribution in [2.45, 2.75) is 26.1 Å². The average molecular weight is 224 g/mol. The Morgan fingerprint density at radius 3 is 2.50 bits per heavy atom. The molecule has 0 aromatic heterocycles. The minimum absolute atomic E-state index is 0.253. The van der Waals surface area contributed by atoms with Crippen LogP contribution in [-0.2, 0) is 9.53 Å². The summed E-state index contributed by atoms with van der Waals surface area (Å²) in [5.41, 5.74) is 0.413. The SMILES string of the molecule is COc1ccccc1C(O)C(=O)OC(C)C. The number of carbonyl (C=O) groups is 1. The zero-order valence-electron chi connectivity index (χ0n) is 9.64. The number of para-hydroxylation sites is 1. The molecule has 0 radical (unpaired) electrons. The third-order valence-corrected chi connectivity index (χ3v) is 2.01. The van der Waals surface area contributed by atoms with Crippen molar-refractivity contribution in [3.8, 4) is 5.75 Å². The van der Waals surface area contributed by atoms with E-state index in [9.17, 15) is 9.90 Å². The number of benzene rings is 1. The van der Waals surface area contributed by atoms with Gasteiger partial charge in [0.15, 0.2) is 6.10 Å². The van der Waals surface area contributed by atoms with E-state index < -0.39 is 12.1 Å². The first kappa shape index (κ1) is 12.5. The van der Waals surface area contributed by atoms with Crippen molar-refractivity contribution in [2.24, 2.45) is 0 Å². The lowest BCUT2D eigenvalue weighted by atomic mass is 10.1. The standard InChI is InChI=1S/C12H16O4/c1-8(2)16-12(14)11(13)9-6-4-5-7-10(9)15-3/h4-8,11,13H,1-3H3. The van der Waals surface area contributed by atoms with E-state index in [1.807, 2.05) is 0 Å². The molecule has 4 heteroatoms. The molecule has 0 aliphatic heterocycles. The lowest BCUT2D eigenvalue weighted by molar-refractivity contribution is -0.157. The number of aliphatic hydroxyl groups is 1. The molecular formula is C12H16O4. The highest BCUT2D eigenvalue weighted by Crippen LogP contribution is 2.25. The molecule has 0 saturated carbocycles. The zero-order chi connectivity index (χ0) is 12.1. The summed E-state index contributed by atoms with van der Waals surface area (Å²) in [6.07, 6.45) is -1.56. The van der Waals surface area contributed by atoms with Crippen LogP contribution < -0.4 is 4.74 Å². The Kier molecular flexibility index (Phi) is 4.31. The van der Waals surface area contributed by atoms with Gasteiger partial charge in [0.2, 0.25) is 0 Å².